The number of hydrogen-bond donors (Lipinski definition) is 0. The zero-order valence-electron chi connectivity index (χ0n) is 6.88. The highest BCUT2D eigenvalue weighted by atomic mass is 14.5. The Kier molecular flexibility index (Phi) is 1.49. The molecule has 0 heterocycles. The van der Waals surface area contributed by atoms with Crippen LogP contribution in [-0.4, -0.2) is 0 Å². The molecule has 0 radical (unpaired) electrons. The molecule has 0 spiro atoms. The van der Waals surface area contributed by atoms with E-state index in [0.29, 0.717) is 11.8 Å². The van der Waals surface area contributed by atoms with Gasteiger partial charge in [0.1, 0.15) is 0 Å². The predicted molar refractivity (Wildman–Crippen MR) is 43.7 cm³/mol. The van der Waals surface area contributed by atoms with Crippen molar-refractivity contribution in [2.75, 3.05) is 0 Å². The first-order valence-corrected chi connectivity index (χ1v) is 4.40. The van der Waals surface area contributed by atoms with Gasteiger partial charge in [-0.25, -0.2) is 0 Å². The minimum atomic E-state index is 0.347. The topological polar surface area (TPSA) is 23.8 Å². The van der Waals surface area contributed by atoms with Crippen molar-refractivity contribution >= 4 is 0 Å². The van der Waals surface area contributed by atoms with E-state index in [4.69, 9.17) is 5.26 Å². The highest BCUT2D eigenvalue weighted by molar-refractivity contribution is 5.21. The summed E-state index contributed by atoms with van der Waals surface area (Å²) >= 11 is 0. The van der Waals surface area contributed by atoms with Gasteiger partial charge in [-0.05, 0) is 38.0 Å². The van der Waals surface area contributed by atoms with Gasteiger partial charge >= 0.3 is 0 Å². The van der Waals surface area contributed by atoms with Crippen LogP contribution in [0.15, 0.2) is 11.6 Å². The van der Waals surface area contributed by atoms with Gasteiger partial charge in [0.2, 0.25) is 0 Å². The molecule has 58 valence electrons. The van der Waals surface area contributed by atoms with Crippen molar-refractivity contribution in [3.05, 3.63) is 11.6 Å². The maximum Gasteiger partial charge on any atom is 0.0662 e. The number of rotatable bonds is 0. The Hall–Kier alpha value is -0.770. The molecule has 0 aromatic heterocycles. The number of nitrogens with zero attached hydrogens (tertiary/aromatic N) is 1. The van der Waals surface area contributed by atoms with Gasteiger partial charge < -0.3 is 0 Å². The van der Waals surface area contributed by atoms with Crippen LogP contribution in [0, 0.1) is 29.1 Å². The number of fused-ring (bicyclic) bond motifs is 2. The summed E-state index contributed by atoms with van der Waals surface area (Å²) < 4.78 is 0. The zero-order valence-corrected chi connectivity index (χ0v) is 6.88. The van der Waals surface area contributed by atoms with E-state index < -0.39 is 0 Å². The fourth-order valence-corrected chi connectivity index (χ4v) is 2.68. The van der Waals surface area contributed by atoms with Crippen LogP contribution >= 0.6 is 0 Å². The standard InChI is InChI=1S/C10H13N/c1-2-8-3-7-4-9(6-11)10(8)5-7/h2,7,9-10H,3-5H2,1H3/b8-2+. The summed E-state index contributed by atoms with van der Waals surface area (Å²) in [7, 11) is 0. The zero-order chi connectivity index (χ0) is 7.84. The van der Waals surface area contributed by atoms with E-state index in [1.807, 2.05) is 0 Å². The minimum Gasteiger partial charge on any atom is -0.198 e. The van der Waals surface area contributed by atoms with Crippen molar-refractivity contribution in [2.45, 2.75) is 26.2 Å². The molecule has 2 aliphatic carbocycles. The molecule has 3 atom stereocenters. The fourth-order valence-electron chi connectivity index (χ4n) is 2.68. The monoisotopic (exact) mass is 147 g/mol. The van der Waals surface area contributed by atoms with Gasteiger partial charge in [-0.2, -0.15) is 5.26 Å². The average molecular weight is 147 g/mol. The molecule has 2 aliphatic rings. The van der Waals surface area contributed by atoms with Crippen LogP contribution in [-0.2, 0) is 0 Å². The Bertz CT molecular complexity index is 234. The molecule has 1 heteroatoms. The van der Waals surface area contributed by atoms with E-state index in [-0.39, 0.29) is 0 Å². The van der Waals surface area contributed by atoms with Crippen LogP contribution in [0.5, 0.6) is 0 Å². The summed E-state index contributed by atoms with van der Waals surface area (Å²) in [5.41, 5.74) is 1.55. The first-order valence-electron chi connectivity index (χ1n) is 4.40. The molecule has 2 fully saturated rings. The Morgan fingerprint density at radius 1 is 1.55 bits per heavy atom. The first-order chi connectivity index (χ1) is 5.35. The van der Waals surface area contributed by atoms with Gasteiger partial charge in [-0.3, -0.25) is 0 Å². The molecule has 0 amide bonds. The molecule has 11 heavy (non-hydrogen) atoms. The van der Waals surface area contributed by atoms with Gasteiger partial charge in [0, 0.05) is 0 Å². The Balaban J connectivity index is 2.22. The van der Waals surface area contributed by atoms with E-state index in [1.54, 1.807) is 5.57 Å². The highest BCUT2D eigenvalue weighted by Crippen LogP contribution is 2.51. The summed E-state index contributed by atoms with van der Waals surface area (Å²) in [6.45, 7) is 2.10. The fraction of sp³-hybridized carbons (Fsp3) is 0.700. The van der Waals surface area contributed by atoms with Crippen molar-refractivity contribution in [2.24, 2.45) is 17.8 Å². The van der Waals surface area contributed by atoms with Crippen molar-refractivity contribution in [3.63, 3.8) is 0 Å². The SMILES string of the molecule is C/C=C1\CC2CC(C#N)C1C2. The lowest BCUT2D eigenvalue weighted by atomic mass is 9.86. The largest absolute Gasteiger partial charge is 0.198 e. The van der Waals surface area contributed by atoms with Crippen molar-refractivity contribution in [3.8, 4) is 6.07 Å². The van der Waals surface area contributed by atoms with Crippen LogP contribution in [0.25, 0.3) is 0 Å². The van der Waals surface area contributed by atoms with Gasteiger partial charge in [0.05, 0.1) is 12.0 Å². The smallest absolute Gasteiger partial charge is 0.0662 e. The molecule has 3 unspecified atom stereocenters. The van der Waals surface area contributed by atoms with Crippen LogP contribution in [0.4, 0.5) is 0 Å². The Labute approximate surface area is 67.7 Å². The third-order valence-corrected chi connectivity index (χ3v) is 3.20. The molecule has 0 aromatic rings. The van der Waals surface area contributed by atoms with E-state index in [0.717, 1.165) is 5.92 Å². The van der Waals surface area contributed by atoms with E-state index >= 15 is 0 Å². The summed E-state index contributed by atoms with van der Waals surface area (Å²) in [6.07, 6.45) is 5.95. The second kappa shape index (κ2) is 2.37. The molecule has 0 aromatic carbocycles. The summed E-state index contributed by atoms with van der Waals surface area (Å²) in [5.74, 6) is 1.82. The van der Waals surface area contributed by atoms with Crippen LogP contribution in [0.3, 0.4) is 0 Å². The second-order valence-corrected chi connectivity index (χ2v) is 3.75. The third-order valence-electron chi connectivity index (χ3n) is 3.20. The molecule has 0 aliphatic heterocycles. The number of allylic oxidation sites excluding steroid dienone is 2. The normalized spacial score (nSPS) is 44.7. The Morgan fingerprint density at radius 3 is 2.91 bits per heavy atom. The molecule has 1 nitrogen and oxygen atoms in total. The van der Waals surface area contributed by atoms with Crippen molar-refractivity contribution in [1.82, 2.24) is 0 Å². The van der Waals surface area contributed by atoms with Gasteiger partial charge in [0.15, 0.2) is 0 Å². The summed E-state index contributed by atoms with van der Waals surface area (Å²) in [5, 5.41) is 8.82. The minimum absolute atomic E-state index is 0.347. The van der Waals surface area contributed by atoms with E-state index in [1.165, 1.54) is 19.3 Å². The van der Waals surface area contributed by atoms with Crippen LogP contribution in [0.1, 0.15) is 26.2 Å². The first kappa shape index (κ1) is 6.91. The molecular weight excluding hydrogens is 134 g/mol. The lowest BCUT2D eigenvalue weighted by molar-refractivity contribution is 0.482. The molecule has 2 bridgehead atoms. The Morgan fingerprint density at radius 2 is 2.36 bits per heavy atom. The van der Waals surface area contributed by atoms with Crippen molar-refractivity contribution in [1.29, 1.82) is 5.26 Å². The second-order valence-electron chi connectivity index (χ2n) is 3.75. The molecule has 0 N–H and O–H groups in total. The molecule has 2 rings (SSSR count). The van der Waals surface area contributed by atoms with Crippen LogP contribution in [0.2, 0.25) is 0 Å². The maximum absolute atomic E-state index is 8.82. The lowest BCUT2D eigenvalue weighted by Gasteiger charge is -2.17. The van der Waals surface area contributed by atoms with Gasteiger partial charge in [0.25, 0.3) is 0 Å². The number of hydrogen-bond acceptors (Lipinski definition) is 1. The lowest BCUT2D eigenvalue weighted by Crippen LogP contribution is -2.10. The predicted octanol–water partition coefficient (Wildman–Crippen LogP) is 2.50. The molecule has 2 saturated carbocycles. The average Bonchev–Trinajstić information content (AvgIpc) is 2.60. The summed E-state index contributed by atoms with van der Waals surface area (Å²) in [6, 6.07) is 2.42. The highest BCUT2D eigenvalue weighted by Gasteiger charge is 2.42. The van der Waals surface area contributed by atoms with E-state index in [2.05, 4.69) is 19.1 Å². The van der Waals surface area contributed by atoms with Gasteiger partial charge in [-0.15, -0.1) is 0 Å². The van der Waals surface area contributed by atoms with Crippen LogP contribution < -0.4 is 0 Å². The quantitative estimate of drug-likeness (QED) is 0.483. The third kappa shape index (κ3) is 0.894. The summed E-state index contributed by atoms with van der Waals surface area (Å²) in [4.78, 5) is 0. The maximum atomic E-state index is 8.82. The molecular formula is C10H13N. The van der Waals surface area contributed by atoms with E-state index in [9.17, 15) is 0 Å². The number of nitriles is 1. The molecule has 0 saturated heterocycles. The van der Waals surface area contributed by atoms with Crippen molar-refractivity contribution < 1.29 is 0 Å². The van der Waals surface area contributed by atoms with Gasteiger partial charge in [-0.1, -0.05) is 11.6 Å².